The molecular weight excluding hydrogens is 257 g/mol. The molecule has 0 saturated heterocycles. The van der Waals surface area contributed by atoms with Crippen LogP contribution in [0.4, 0.5) is 4.39 Å². The van der Waals surface area contributed by atoms with Crippen molar-refractivity contribution in [1.29, 1.82) is 0 Å². The van der Waals surface area contributed by atoms with Gasteiger partial charge in [0, 0.05) is 30.8 Å². The maximum atomic E-state index is 14.0. The molecule has 1 fully saturated rings. The molecule has 0 spiro atoms. The van der Waals surface area contributed by atoms with Crippen molar-refractivity contribution in [2.75, 3.05) is 20.3 Å². The number of benzene rings is 1. The van der Waals surface area contributed by atoms with Gasteiger partial charge in [-0.1, -0.05) is 25.3 Å². The first-order valence-corrected chi connectivity index (χ1v) is 7.42. The Labute approximate surface area is 120 Å². The van der Waals surface area contributed by atoms with Crippen LogP contribution in [0.1, 0.15) is 37.7 Å². The lowest BCUT2D eigenvalue weighted by Gasteiger charge is -2.34. The number of hydrogen-bond donors (Lipinski definition) is 1. The van der Waals surface area contributed by atoms with Crippen LogP contribution in [0.15, 0.2) is 18.2 Å². The average molecular weight is 281 g/mol. The summed E-state index contributed by atoms with van der Waals surface area (Å²) in [5.74, 6) is 0.306. The number of nitrogens with zero attached hydrogens (tertiary/aromatic N) is 1. The van der Waals surface area contributed by atoms with Gasteiger partial charge in [0.15, 0.2) is 0 Å². The Morgan fingerprint density at radius 2 is 2.05 bits per heavy atom. The standard InChI is InChI=1S/C16H24FNO2/c1-20-15-8-7-13(16(17)11-15)12-18(9-10-19)14-5-3-2-4-6-14/h7-8,11,14,19H,2-6,9-10,12H2,1H3. The molecule has 2 rings (SSSR count). The molecule has 0 atom stereocenters. The molecule has 1 aliphatic carbocycles. The van der Waals surface area contributed by atoms with E-state index < -0.39 is 0 Å². The van der Waals surface area contributed by atoms with Gasteiger partial charge < -0.3 is 9.84 Å². The van der Waals surface area contributed by atoms with Crippen LogP contribution in [0, 0.1) is 5.82 Å². The fraction of sp³-hybridized carbons (Fsp3) is 0.625. The van der Waals surface area contributed by atoms with Crippen LogP contribution >= 0.6 is 0 Å². The summed E-state index contributed by atoms with van der Waals surface area (Å²) in [7, 11) is 1.54. The van der Waals surface area contributed by atoms with Crippen LogP contribution in [-0.2, 0) is 6.54 Å². The fourth-order valence-corrected chi connectivity index (χ4v) is 2.97. The summed E-state index contributed by atoms with van der Waals surface area (Å²) in [6, 6.07) is 5.46. The van der Waals surface area contributed by atoms with Crippen LogP contribution in [0.2, 0.25) is 0 Å². The van der Waals surface area contributed by atoms with E-state index >= 15 is 0 Å². The molecule has 3 nitrogen and oxygen atoms in total. The number of aliphatic hydroxyl groups is 1. The van der Waals surface area contributed by atoms with E-state index in [0.29, 0.717) is 30.4 Å². The van der Waals surface area contributed by atoms with E-state index in [1.807, 2.05) is 0 Å². The van der Waals surface area contributed by atoms with Gasteiger partial charge in [-0.2, -0.15) is 0 Å². The summed E-state index contributed by atoms with van der Waals surface area (Å²) in [6.45, 7) is 1.28. The normalized spacial score (nSPS) is 16.6. The Morgan fingerprint density at radius 1 is 1.30 bits per heavy atom. The van der Waals surface area contributed by atoms with Crippen LogP contribution in [0.3, 0.4) is 0 Å². The van der Waals surface area contributed by atoms with Gasteiger partial charge in [0.25, 0.3) is 0 Å². The van der Waals surface area contributed by atoms with Gasteiger partial charge in [0.1, 0.15) is 11.6 Å². The van der Waals surface area contributed by atoms with E-state index in [-0.39, 0.29) is 12.4 Å². The topological polar surface area (TPSA) is 32.7 Å². The second-order valence-corrected chi connectivity index (χ2v) is 5.44. The lowest BCUT2D eigenvalue weighted by Crippen LogP contribution is -2.38. The number of aliphatic hydroxyl groups excluding tert-OH is 1. The van der Waals surface area contributed by atoms with Crippen LogP contribution < -0.4 is 4.74 Å². The molecule has 4 heteroatoms. The molecule has 0 heterocycles. The first-order valence-electron chi connectivity index (χ1n) is 7.42. The molecule has 0 aromatic heterocycles. The lowest BCUT2D eigenvalue weighted by molar-refractivity contribution is 0.116. The van der Waals surface area contributed by atoms with Crippen molar-refractivity contribution in [2.24, 2.45) is 0 Å². The van der Waals surface area contributed by atoms with Crippen molar-refractivity contribution < 1.29 is 14.2 Å². The first kappa shape index (κ1) is 15.3. The molecule has 20 heavy (non-hydrogen) atoms. The smallest absolute Gasteiger partial charge is 0.131 e. The largest absolute Gasteiger partial charge is 0.497 e. The zero-order valence-electron chi connectivity index (χ0n) is 12.1. The molecule has 0 unspecified atom stereocenters. The highest BCUT2D eigenvalue weighted by atomic mass is 19.1. The van der Waals surface area contributed by atoms with Gasteiger partial charge >= 0.3 is 0 Å². The maximum absolute atomic E-state index is 14.0. The van der Waals surface area contributed by atoms with Crippen molar-refractivity contribution in [3.8, 4) is 5.75 Å². The number of hydrogen-bond acceptors (Lipinski definition) is 3. The highest BCUT2D eigenvalue weighted by Crippen LogP contribution is 2.25. The Kier molecular flexibility index (Phi) is 5.80. The second kappa shape index (κ2) is 7.60. The van der Waals surface area contributed by atoms with Gasteiger partial charge in [-0.25, -0.2) is 4.39 Å². The predicted molar refractivity (Wildman–Crippen MR) is 77.3 cm³/mol. The molecule has 0 bridgehead atoms. The fourth-order valence-electron chi connectivity index (χ4n) is 2.97. The van der Waals surface area contributed by atoms with Crippen molar-refractivity contribution in [2.45, 2.75) is 44.7 Å². The van der Waals surface area contributed by atoms with E-state index in [9.17, 15) is 9.50 Å². The molecule has 0 aliphatic heterocycles. The minimum Gasteiger partial charge on any atom is -0.497 e. The van der Waals surface area contributed by atoms with Gasteiger partial charge in [0.05, 0.1) is 13.7 Å². The third-order valence-corrected chi connectivity index (χ3v) is 4.11. The van der Waals surface area contributed by atoms with Crippen LogP contribution in [-0.4, -0.2) is 36.3 Å². The lowest BCUT2D eigenvalue weighted by atomic mass is 9.94. The summed E-state index contributed by atoms with van der Waals surface area (Å²) in [5, 5.41) is 9.24. The quantitative estimate of drug-likeness (QED) is 0.870. The number of ether oxygens (including phenoxy) is 1. The van der Waals surface area contributed by atoms with Crippen molar-refractivity contribution in [3.05, 3.63) is 29.6 Å². The third-order valence-electron chi connectivity index (χ3n) is 4.11. The second-order valence-electron chi connectivity index (χ2n) is 5.44. The molecule has 1 aromatic carbocycles. The monoisotopic (exact) mass is 281 g/mol. The van der Waals surface area contributed by atoms with Crippen molar-refractivity contribution in [1.82, 2.24) is 4.90 Å². The molecule has 0 amide bonds. The minimum absolute atomic E-state index is 0.119. The van der Waals surface area contributed by atoms with Gasteiger partial charge in [0.2, 0.25) is 0 Å². The zero-order valence-corrected chi connectivity index (χ0v) is 12.1. The Balaban J connectivity index is 2.06. The molecule has 112 valence electrons. The Bertz CT molecular complexity index is 419. The number of halogens is 1. The van der Waals surface area contributed by atoms with E-state index in [0.717, 1.165) is 12.8 Å². The van der Waals surface area contributed by atoms with Gasteiger partial charge in [-0.3, -0.25) is 4.90 Å². The Morgan fingerprint density at radius 3 is 2.65 bits per heavy atom. The first-order chi connectivity index (χ1) is 9.74. The molecule has 1 N–H and O–H groups in total. The summed E-state index contributed by atoms with van der Waals surface area (Å²) >= 11 is 0. The van der Waals surface area contributed by atoms with Crippen molar-refractivity contribution in [3.63, 3.8) is 0 Å². The molecular formula is C16H24FNO2. The summed E-state index contributed by atoms with van der Waals surface area (Å²) in [5.41, 5.74) is 0.671. The summed E-state index contributed by atoms with van der Waals surface area (Å²) in [6.07, 6.45) is 6.06. The van der Waals surface area contributed by atoms with E-state index in [1.54, 1.807) is 12.1 Å². The van der Waals surface area contributed by atoms with Gasteiger partial charge in [-0.05, 0) is 18.9 Å². The summed E-state index contributed by atoms with van der Waals surface area (Å²) < 4.78 is 19.1. The summed E-state index contributed by atoms with van der Waals surface area (Å²) in [4.78, 5) is 2.21. The molecule has 1 aromatic rings. The van der Waals surface area contributed by atoms with Gasteiger partial charge in [-0.15, -0.1) is 0 Å². The Hall–Kier alpha value is -1.13. The zero-order chi connectivity index (χ0) is 14.4. The predicted octanol–water partition coefficient (Wildman–Crippen LogP) is 2.96. The highest BCUT2D eigenvalue weighted by Gasteiger charge is 2.21. The average Bonchev–Trinajstić information content (AvgIpc) is 2.49. The maximum Gasteiger partial charge on any atom is 0.131 e. The number of methoxy groups -OCH3 is 1. The molecule has 1 aliphatic rings. The third kappa shape index (κ3) is 3.93. The molecule has 0 radical (unpaired) electrons. The SMILES string of the molecule is COc1ccc(CN(CCO)C2CCCCC2)c(F)c1. The minimum atomic E-state index is -0.233. The van der Waals surface area contributed by atoms with Crippen LogP contribution in [0.5, 0.6) is 5.75 Å². The van der Waals surface area contributed by atoms with E-state index in [1.165, 1.54) is 32.4 Å². The van der Waals surface area contributed by atoms with E-state index in [4.69, 9.17) is 4.74 Å². The number of rotatable bonds is 6. The molecule has 1 saturated carbocycles. The highest BCUT2D eigenvalue weighted by molar-refractivity contribution is 5.28. The van der Waals surface area contributed by atoms with Crippen molar-refractivity contribution >= 4 is 0 Å². The van der Waals surface area contributed by atoms with Crippen LogP contribution in [0.25, 0.3) is 0 Å². The van der Waals surface area contributed by atoms with E-state index in [2.05, 4.69) is 4.90 Å².